The highest BCUT2D eigenvalue weighted by atomic mass is 32.2. The number of nitriles is 1. The Morgan fingerprint density at radius 3 is 2.27 bits per heavy atom. The molecule has 14 nitrogen and oxygen atoms in total. The minimum atomic E-state index is -3.94. The number of rotatable bonds is 9. The van der Waals surface area contributed by atoms with E-state index in [1.54, 1.807) is 53.9 Å². The van der Waals surface area contributed by atoms with Gasteiger partial charge < -0.3 is 15.0 Å². The van der Waals surface area contributed by atoms with E-state index in [0.717, 1.165) is 48.8 Å². The van der Waals surface area contributed by atoms with Crippen molar-refractivity contribution in [3.63, 3.8) is 0 Å². The van der Waals surface area contributed by atoms with Crippen LogP contribution >= 0.6 is 11.3 Å². The number of ether oxygens (including phenoxy) is 1. The standard InChI is InChI=1S/C43H37N9O5S2/c1-23-6-19-34(38-35(23)32(20-44)22-45-38)51-59(55,56)33-17-7-27(8-18-33)21-46-41(53)31-15-11-29(12-16-31)28-9-13-30(14-10-28)37-36-24(2)25(3)58-42(36)52-26(4)49-50-40(52)39(47-37)48-43(54)57-5/h6-19,22,39,45,51H,21H2,1-5H3,(H,46,53)(H,48,54). The molecule has 0 radical (unpaired) electrons. The molecule has 296 valence electrons. The molecule has 0 saturated carbocycles. The van der Waals surface area contributed by atoms with Crippen LogP contribution in [0.25, 0.3) is 27.0 Å². The third kappa shape index (κ3) is 7.22. The van der Waals surface area contributed by atoms with E-state index in [2.05, 4.69) is 50.5 Å². The third-order valence-corrected chi connectivity index (χ3v) is 12.9. The van der Waals surface area contributed by atoms with Gasteiger partial charge in [-0.25, -0.2) is 13.2 Å². The smallest absolute Gasteiger partial charge is 0.408 e. The SMILES string of the molecule is COC(=O)NC1N=C(c2ccc(-c3ccc(C(=O)NCc4ccc(S(=O)(=O)Nc5ccc(C)c6c(C#N)c[nH]c56)cc4)cc3)cc2)c2c(sc(C)c2C)-n2c(C)nnc21. The maximum Gasteiger partial charge on any atom is 0.408 e. The molecule has 59 heavy (non-hydrogen) atoms. The minimum absolute atomic E-state index is 0.0562. The van der Waals surface area contributed by atoms with Crippen LogP contribution < -0.4 is 15.4 Å². The van der Waals surface area contributed by atoms with E-state index >= 15 is 0 Å². The molecule has 4 aromatic carbocycles. The van der Waals surface area contributed by atoms with Crippen LogP contribution in [0, 0.1) is 39.0 Å². The second-order valence-corrected chi connectivity index (χ2v) is 16.9. The number of amides is 2. The number of alkyl carbamates (subject to hydrolysis) is 1. The third-order valence-electron chi connectivity index (χ3n) is 10.3. The summed E-state index contributed by atoms with van der Waals surface area (Å²) in [6.07, 6.45) is 0.0842. The average molecular weight is 824 g/mol. The topological polar surface area (TPSA) is 196 Å². The second-order valence-electron chi connectivity index (χ2n) is 14.0. The van der Waals surface area contributed by atoms with Crippen molar-refractivity contribution in [3.8, 4) is 22.2 Å². The molecule has 0 saturated heterocycles. The first-order valence-corrected chi connectivity index (χ1v) is 20.7. The lowest BCUT2D eigenvalue weighted by atomic mass is 9.97. The van der Waals surface area contributed by atoms with E-state index < -0.39 is 22.3 Å². The van der Waals surface area contributed by atoms with Crippen molar-refractivity contribution in [2.75, 3.05) is 11.8 Å². The number of aromatic nitrogens is 4. The number of benzene rings is 4. The number of H-pyrrole nitrogens is 1. The molecule has 0 fully saturated rings. The fraction of sp³-hybridized carbons (Fsp3) is 0.163. The quantitative estimate of drug-likeness (QED) is 0.115. The van der Waals surface area contributed by atoms with Gasteiger partial charge in [-0.15, -0.1) is 21.5 Å². The van der Waals surface area contributed by atoms with Crippen LogP contribution in [0.15, 0.2) is 101 Å². The van der Waals surface area contributed by atoms with Crippen molar-refractivity contribution >= 4 is 55.7 Å². The number of aromatic amines is 1. The molecular formula is C43H37N9O5S2. The molecule has 8 rings (SSSR count). The van der Waals surface area contributed by atoms with Crippen LogP contribution in [-0.4, -0.2) is 53.0 Å². The maximum atomic E-state index is 13.3. The molecular weight excluding hydrogens is 787 g/mol. The maximum absolute atomic E-state index is 13.3. The number of carbonyl (C=O) groups excluding carboxylic acids is 2. The molecule has 7 aromatic rings. The molecule has 0 spiro atoms. The Hall–Kier alpha value is -7.09. The Morgan fingerprint density at radius 1 is 0.915 bits per heavy atom. The Bertz CT molecular complexity index is 2980. The zero-order chi connectivity index (χ0) is 41.6. The van der Waals surface area contributed by atoms with Gasteiger partial charge in [-0.3, -0.25) is 24.4 Å². The highest BCUT2D eigenvalue weighted by molar-refractivity contribution is 7.92. The van der Waals surface area contributed by atoms with E-state index in [-0.39, 0.29) is 17.3 Å². The number of nitrogens with zero attached hydrogens (tertiary/aromatic N) is 5. The Balaban J connectivity index is 0.945. The van der Waals surface area contributed by atoms with Gasteiger partial charge in [0.1, 0.15) is 16.9 Å². The Kier molecular flexibility index (Phi) is 10.1. The Morgan fingerprint density at radius 2 is 1.59 bits per heavy atom. The molecule has 1 unspecified atom stereocenters. The van der Waals surface area contributed by atoms with Gasteiger partial charge in [0.25, 0.3) is 15.9 Å². The van der Waals surface area contributed by atoms with Gasteiger partial charge in [-0.2, -0.15) is 5.26 Å². The number of aliphatic imine (C=N–C) groups is 1. The van der Waals surface area contributed by atoms with Crippen molar-refractivity contribution in [2.45, 2.75) is 45.3 Å². The van der Waals surface area contributed by atoms with E-state index in [0.29, 0.717) is 45.1 Å². The average Bonchev–Trinajstić information content (AvgIpc) is 3.92. The number of aryl methyl sites for hydroxylation is 3. The monoisotopic (exact) mass is 823 g/mol. The largest absolute Gasteiger partial charge is 0.453 e. The zero-order valence-electron chi connectivity index (χ0n) is 32.5. The molecule has 16 heteroatoms. The van der Waals surface area contributed by atoms with Crippen molar-refractivity contribution in [1.82, 2.24) is 30.4 Å². The lowest BCUT2D eigenvalue weighted by molar-refractivity contribution is 0.0950. The number of nitrogens with one attached hydrogen (secondary N) is 4. The molecule has 3 aromatic heterocycles. The van der Waals surface area contributed by atoms with Crippen LogP contribution in [0.2, 0.25) is 0 Å². The van der Waals surface area contributed by atoms with E-state index in [1.807, 2.05) is 54.8 Å². The first-order valence-electron chi connectivity index (χ1n) is 18.4. The lowest BCUT2D eigenvalue weighted by Gasteiger charge is -2.14. The molecule has 1 aliphatic rings. The molecule has 4 N–H and O–H groups in total. The van der Waals surface area contributed by atoms with E-state index in [9.17, 15) is 23.3 Å². The number of hydrogen-bond donors (Lipinski definition) is 4. The molecule has 0 bridgehead atoms. The van der Waals surface area contributed by atoms with Crippen LogP contribution in [-0.2, 0) is 21.3 Å². The molecule has 1 atom stereocenters. The summed E-state index contributed by atoms with van der Waals surface area (Å²) in [5.41, 5.74) is 8.77. The molecule has 2 amide bonds. The number of carbonyl (C=O) groups is 2. The summed E-state index contributed by atoms with van der Waals surface area (Å²) in [6, 6.07) is 27.1. The van der Waals surface area contributed by atoms with Crippen LogP contribution in [0.1, 0.15) is 66.4 Å². The number of hydrogen-bond acceptors (Lipinski definition) is 10. The highest BCUT2D eigenvalue weighted by Crippen LogP contribution is 2.38. The van der Waals surface area contributed by atoms with Crippen LogP contribution in [0.5, 0.6) is 0 Å². The summed E-state index contributed by atoms with van der Waals surface area (Å²) in [5.74, 6) is 0.882. The minimum Gasteiger partial charge on any atom is -0.453 e. The number of anilines is 1. The first kappa shape index (κ1) is 38.8. The van der Waals surface area contributed by atoms with Crippen LogP contribution in [0.4, 0.5) is 10.5 Å². The summed E-state index contributed by atoms with van der Waals surface area (Å²) in [6.45, 7) is 8.04. The van der Waals surface area contributed by atoms with Gasteiger partial charge in [0.05, 0.1) is 34.5 Å². The van der Waals surface area contributed by atoms with Gasteiger partial charge in [-0.1, -0.05) is 54.6 Å². The van der Waals surface area contributed by atoms with E-state index in [4.69, 9.17) is 9.73 Å². The number of fused-ring (bicyclic) bond motifs is 4. The fourth-order valence-corrected chi connectivity index (χ4v) is 9.38. The van der Waals surface area contributed by atoms with Gasteiger partial charge in [0.15, 0.2) is 12.0 Å². The predicted molar refractivity (Wildman–Crippen MR) is 225 cm³/mol. The second kappa shape index (κ2) is 15.3. The lowest BCUT2D eigenvalue weighted by Crippen LogP contribution is -2.29. The van der Waals surface area contributed by atoms with Crippen molar-refractivity contribution in [1.29, 1.82) is 5.26 Å². The van der Waals surface area contributed by atoms with Gasteiger partial charge >= 0.3 is 6.09 Å². The first-order chi connectivity index (χ1) is 28.4. The van der Waals surface area contributed by atoms with E-state index in [1.165, 1.54) is 19.2 Å². The van der Waals surface area contributed by atoms with Crippen molar-refractivity contribution in [3.05, 3.63) is 147 Å². The predicted octanol–water partition coefficient (Wildman–Crippen LogP) is 7.52. The van der Waals surface area contributed by atoms with Gasteiger partial charge in [-0.05, 0) is 85.8 Å². The number of thiophene rings is 1. The summed E-state index contributed by atoms with van der Waals surface area (Å²) >= 11 is 1.62. The van der Waals surface area contributed by atoms with Gasteiger partial charge in [0.2, 0.25) is 0 Å². The number of sulfonamides is 1. The molecule has 4 heterocycles. The highest BCUT2D eigenvalue weighted by Gasteiger charge is 2.32. The molecule has 1 aliphatic heterocycles. The summed E-state index contributed by atoms with van der Waals surface area (Å²) < 4.78 is 36.0. The van der Waals surface area contributed by atoms with Crippen molar-refractivity contribution in [2.24, 2.45) is 4.99 Å². The normalized spacial score (nSPS) is 13.4. The van der Waals surface area contributed by atoms with Crippen molar-refractivity contribution < 1.29 is 22.7 Å². The summed E-state index contributed by atoms with van der Waals surface area (Å²) in [4.78, 5) is 34.7. The van der Waals surface area contributed by atoms with Crippen LogP contribution in [0.3, 0.4) is 0 Å². The zero-order valence-corrected chi connectivity index (χ0v) is 34.2. The summed E-state index contributed by atoms with van der Waals surface area (Å²) in [7, 11) is -2.64. The number of methoxy groups -OCH3 is 1. The molecule has 0 aliphatic carbocycles. The Labute approximate surface area is 343 Å². The van der Waals surface area contributed by atoms with Gasteiger partial charge in [0, 0.05) is 39.7 Å². The fourth-order valence-electron chi connectivity index (χ4n) is 7.09. The summed E-state index contributed by atoms with van der Waals surface area (Å²) in [5, 5.41) is 25.4.